The number of fused-ring (bicyclic) bond motifs is 1. The van der Waals surface area contributed by atoms with E-state index in [4.69, 9.17) is 4.74 Å². The molecule has 1 fully saturated rings. The van der Waals surface area contributed by atoms with E-state index in [0.717, 1.165) is 24.3 Å². The van der Waals surface area contributed by atoms with Gasteiger partial charge in [0.05, 0.1) is 5.69 Å². The van der Waals surface area contributed by atoms with Gasteiger partial charge in [0.2, 0.25) is 0 Å². The van der Waals surface area contributed by atoms with Crippen LogP contribution in [0, 0.1) is 0 Å². The second-order valence-electron chi connectivity index (χ2n) is 4.28. The second-order valence-corrected chi connectivity index (χ2v) is 4.28. The molecule has 1 N–H and O–H groups in total. The molecule has 1 aliphatic heterocycles. The molecule has 0 radical (unpaired) electrons. The van der Waals surface area contributed by atoms with E-state index in [9.17, 15) is 0 Å². The Morgan fingerprint density at radius 2 is 1.86 bits per heavy atom. The van der Waals surface area contributed by atoms with E-state index in [1.54, 1.807) is 0 Å². The summed E-state index contributed by atoms with van der Waals surface area (Å²) in [5, 5.41) is 3.53. The van der Waals surface area contributed by atoms with Gasteiger partial charge >= 0.3 is 0 Å². The molecule has 3 rings (SSSR count). The molecule has 14 heavy (non-hydrogen) atoms. The lowest BCUT2D eigenvalue weighted by molar-refractivity contribution is 0.0747. The minimum atomic E-state index is -0.0675. The zero-order chi connectivity index (χ0) is 9.43. The molecule has 0 bridgehead atoms. The van der Waals surface area contributed by atoms with Crippen molar-refractivity contribution in [1.29, 1.82) is 0 Å². The van der Waals surface area contributed by atoms with Crippen molar-refractivity contribution in [1.82, 2.24) is 0 Å². The summed E-state index contributed by atoms with van der Waals surface area (Å²) in [7, 11) is 0. The molecule has 0 saturated heterocycles. The van der Waals surface area contributed by atoms with Crippen molar-refractivity contribution in [2.24, 2.45) is 0 Å². The molecule has 2 nitrogen and oxygen atoms in total. The summed E-state index contributed by atoms with van der Waals surface area (Å²) in [6.07, 6.45) is 6.19. The van der Waals surface area contributed by atoms with Crippen molar-refractivity contribution < 1.29 is 4.74 Å². The number of hydrogen-bond donors (Lipinski definition) is 1. The van der Waals surface area contributed by atoms with Crippen LogP contribution >= 0.6 is 0 Å². The Morgan fingerprint density at radius 3 is 2.64 bits per heavy atom. The van der Waals surface area contributed by atoms with E-state index >= 15 is 0 Å². The topological polar surface area (TPSA) is 21.3 Å². The van der Waals surface area contributed by atoms with Gasteiger partial charge in [0.15, 0.2) is 5.72 Å². The van der Waals surface area contributed by atoms with Crippen LogP contribution in [0.1, 0.15) is 32.1 Å². The molecule has 0 amide bonds. The highest BCUT2D eigenvalue weighted by atomic mass is 16.5. The summed E-state index contributed by atoms with van der Waals surface area (Å²) in [5.41, 5.74) is 1.09. The Kier molecular flexibility index (Phi) is 1.69. The molecule has 1 aromatic carbocycles. The highest BCUT2D eigenvalue weighted by Gasteiger charge is 2.39. The molecule has 2 aliphatic rings. The first-order valence-electron chi connectivity index (χ1n) is 5.44. The van der Waals surface area contributed by atoms with E-state index < -0.39 is 0 Å². The van der Waals surface area contributed by atoms with Crippen LogP contribution < -0.4 is 10.1 Å². The Balaban J connectivity index is 1.89. The third kappa shape index (κ3) is 1.17. The first kappa shape index (κ1) is 8.16. The van der Waals surface area contributed by atoms with Crippen molar-refractivity contribution in [2.75, 3.05) is 5.32 Å². The van der Waals surface area contributed by atoms with E-state index in [1.807, 2.05) is 12.1 Å². The predicted molar refractivity (Wildman–Crippen MR) is 56.5 cm³/mol. The standard InChI is InChI=1S/C12H15NO/c1-4-8-12(9-5-1)13-10-6-2-3-7-11(10)14-12/h2-3,6-7,13H,1,4-5,8-9H2. The van der Waals surface area contributed by atoms with E-state index in [0.29, 0.717) is 0 Å². The summed E-state index contributed by atoms with van der Waals surface area (Å²) in [6.45, 7) is 0. The lowest BCUT2D eigenvalue weighted by Gasteiger charge is -2.32. The third-order valence-electron chi connectivity index (χ3n) is 3.22. The van der Waals surface area contributed by atoms with Crippen LogP contribution in [0.3, 0.4) is 0 Å². The Labute approximate surface area is 84.3 Å². The zero-order valence-corrected chi connectivity index (χ0v) is 8.25. The molecule has 74 valence electrons. The zero-order valence-electron chi connectivity index (χ0n) is 8.25. The van der Waals surface area contributed by atoms with Gasteiger partial charge in [-0.2, -0.15) is 0 Å². The summed E-state index contributed by atoms with van der Waals surface area (Å²) in [4.78, 5) is 0. The largest absolute Gasteiger partial charge is 0.466 e. The summed E-state index contributed by atoms with van der Waals surface area (Å²) >= 11 is 0. The lowest BCUT2D eigenvalue weighted by Crippen LogP contribution is -2.41. The molecule has 1 aromatic rings. The minimum Gasteiger partial charge on any atom is -0.466 e. The molecule has 1 aliphatic carbocycles. The van der Waals surface area contributed by atoms with E-state index in [1.165, 1.54) is 19.3 Å². The Bertz CT molecular complexity index is 315. The smallest absolute Gasteiger partial charge is 0.180 e. The van der Waals surface area contributed by atoms with E-state index in [2.05, 4.69) is 17.4 Å². The highest BCUT2D eigenvalue weighted by Crippen LogP contribution is 2.42. The van der Waals surface area contributed by atoms with Crippen molar-refractivity contribution in [3.05, 3.63) is 24.3 Å². The number of benzene rings is 1. The molecule has 1 spiro atoms. The fourth-order valence-electron chi connectivity index (χ4n) is 2.49. The monoisotopic (exact) mass is 189 g/mol. The fourth-order valence-corrected chi connectivity index (χ4v) is 2.49. The highest BCUT2D eigenvalue weighted by molar-refractivity contribution is 5.61. The molecular formula is C12H15NO. The number of hydrogen-bond acceptors (Lipinski definition) is 2. The van der Waals surface area contributed by atoms with Gasteiger partial charge in [-0.05, 0) is 25.0 Å². The minimum absolute atomic E-state index is 0.0675. The Hall–Kier alpha value is -1.18. The van der Waals surface area contributed by atoms with Gasteiger partial charge in [-0.25, -0.2) is 0 Å². The summed E-state index contributed by atoms with van der Waals surface area (Å²) < 4.78 is 6.02. The predicted octanol–water partition coefficient (Wildman–Crippen LogP) is 3.15. The van der Waals surface area contributed by atoms with Crippen LogP contribution in [0.2, 0.25) is 0 Å². The van der Waals surface area contributed by atoms with Crippen molar-refractivity contribution in [3.8, 4) is 5.75 Å². The van der Waals surface area contributed by atoms with Crippen LogP contribution in [-0.2, 0) is 0 Å². The van der Waals surface area contributed by atoms with Gasteiger partial charge in [-0.1, -0.05) is 18.6 Å². The van der Waals surface area contributed by atoms with Crippen LogP contribution in [0.25, 0.3) is 0 Å². The van der Waals surface area contributed by atoms with Crippen molar-refractivity contribution in [3.63, 3.8) is 0 Å². The maximum absolute atomic E-state index is 6.02. The summed E-state index contributed by atoms with van der Waals surface area (Å²) in [6, 6.07) is 8.23. The fraction of sp³-hybridized carbons (Fsp3) is 0.500. The van der Waals surface area contributed by atoms with Crippen LogP contribution in [-0.4, -0.2) is 5.72 Å². The molecule has 0 unspecified atom stereocenters. The average molecular weight is 189 g/mol. The van der Waals surface area contributed by atoms with Crippen LogP contribution in [0.15, 0.2) is 24.3 Å². The summed E-state index contributed by atoms with van der Waals surface area (Å²) in [5.74, 6) is 1.02. The SMILES string of the molecule is c1ccc2c(c1)NC1(CCCCC1)O2. The number of anilines is 1. The maximum atomic E-state index is 6.02. The molecule has 0 atom stereocenters. The van der Waals surface area contributed by atoms with Gasteiger partial charge in [-0.3, -0.25) is 0 Å². The van der Waals surface area contributed by atoms with Crippen LogP contribution in [0.5, 0.6) is 5.75 Å². The average Bonchev–Trinajstić information content (AvgIpc) is 2.56. The molecule has 0 aromatic heterocycles. The van der Waals surface area contributed by atoms with E-state index in [-0.39, 0.29) is 5.72 Å². The molecular weight excluding hydrogens is 174 g/mol. The van der Waals surface area contributed by atoms with Crippen molar-refractivity contribution in [2.45, 2.75) is 37.8 Å². The first-order chi connectivity index (χ1) is 6.88. The van der Waals surface area contributed by atoms with Gasteiger partial charge in [0.1, 0.15) is 5.75 Å². The second kappa shape index (κ2) is 2.91. The molecule has 2 heteroatoms. The third-order valence-corrected chi connectivity index (χ3v) is 3.22. The number of nitrogens with one attached hydrogen (secondary N) is 1. The lowest BCUT2D eigenvalue weighted by atomic mass is 9.92. The molecule has 1 heterocycles. The van der Waals surface area contributed by atoms with Gasteiger partial charge in [-0.15, -0.1) is 0 Å². The number of ether oxygens (including phenoxy) is 1. The molecule has 1 saturated carbocycles. The number of para-hydroxylation sites is 2. The van der Waals surface area contributed by atoms with Gasteiger partial charge in [0.25, 0.3) is 0 Å². The Morgan fingerprint density at radius 1 is 1.07 bits per heavy atom. The van der Waals surface area contributed by atoms with Crippen LogP contribution in [0.4, 0.5) is 5.69 Å². The quantitative estimate of drug-likeness (QED) is 0.677. The normalized spacial score (nSPS) is 22.6. The first-order valence-corrected chi connectivity index (χ1v) is 5.44. The van der Waals surface area contributed by atoms with Gasteiger partial charge in [0, 0.05) is 12.8 Å². The van der Waals surface area contributed by atoms with Crippen molar-refractivity contribution >= 4 is 5.69 Å². The van der Waals surface area contributed by atoms with Gasteiger partial charge < -0.3 is 10.1 Å². The maximum Gasteiger partial charge on any atom is 0.180 e. The number of rotatable bonds is 0.